The van der Waals surface area contributed by atoms with Gasteiger partial charge in [0.2, 0.25) is 0 Å². The minimum Gasteiger partial charge on any atom is -0.396 e. The molecule has 0 aromatic heterocycles. The van der Waals surface area contributed by atoms with E-state index in [1.54, 1.807) is 12.1 Å². The molecule has 2 rings (SSSR count). The molecule has 0 fully saturated rings. The summed E-state index contributed by atoms with van der Waals surface area (Å²) in [4.78, 5) is 11.8. The van der Waals surface area contributed by atoms with Crippen LogP contribution in [0.15, 0.2) is 48.5 Å². The number of nitrogens with one attached hydrogen (secondary N) is 1. The van der Waals surface area contributed by atoms with E-state index < -0.39 is 5.82 Å². The van der Waals surface area contributed by atoms with Crippen LogP contribution in [0.3, 0.4) is 0 Å². The van der Waals surface area contributed by atoms with Crippen LogP contribution in [0.4, 0.5) is 15.8 Å². The Morgan fingerprint density at radius 3 is 2.39 bits per heavy atom. The number of anilines is 2. The number of para-hydroxylation sites is 1. The summed E-state index contributed by atoms with van der Waals surface area (Å²) >= 11 is 0. The Kier molecular flexibility index (Phi) is 4.99. The third kappa shape index (κ3) is 3.38. The summed E-state index contributed by atoms with van der Waals surface area (Å²) in [7, 11) is 0. The van der Waals surface area contributed by atoms with Crippen LogP contribution >= 0.6 is 0 Å². The van der Waals surface area contributed by atoms with Gasteiger partial charge in [-0.25, -0.2) is 4.39 Å². The third-order valence-electron chi connectivity index (χ3n) is 2.29. The van der Waals surface area contributed by atoms with Crippen LogP contribution < -0.4 is 11.1 Å². The van der Waals surface area contributed by atoms with Gasteiger partial charge in [-0.15, -0.1) is 0 Å². The quantitative estimate of drug-likeness (QED) is 0.661. The largest absolute Gasteiger partial charge is 0.396 e. The first-order chi connectivity index (χ1) is 8.16. The molecule has 0 aliphatic rings. The molecule has 0 spiro atoms. The second-order valence-electron chi connectivity index (χ2n) is 3.56. The maximum absolute atomic E-state index is 12.9. The number of carbonyl (C=O) groups excluding carboxylic acids is 1. The van der Waals surface area contributed by atoms with Crippen molar-refractivity contribution in [3.05, 3.63) is 59.9 Å². The number of nitrogens with two attached hydrogens (primary N) is 1. The zero-order chi connectivity index (χ0) is 12.3. The Hall–Kier alpha value is -1.74. The second-order valence-corrected chi connectivity index (χ2v) is 3.56. The van der Waals surface area contributed by atoms with Gasteiger partial charge in [0, 0.05) is 30.7 Å². The standard InChI is InChI=1S/C13H11FN2O.Zn/c14-11-7-6-9(8-12(11)15)13(17)16-10-4-2-1-3-5-10;/h1-8H,15H2,(H,16,17);. The molecule has 2 aromatic carbocycles. The van der Waals surface area contributed by atoms with Crippen LogP contribution in [-0.2, 0) is 19.5 Å². The molecule has 18 heavy (non-hydrogen) atoms. The fraction of sp³-hybridized carbons (Fsp3) is 0. The van der Waals surface area contributed by atoms with Crippen molar-refractivity contribution in [2.24, 2.45) is 0 Å². The van der Waals surface area contributed by atoms with E-state index in [0.29, 0.717) is 11.3 Å². The fourth-order valence-corrected chi connectivity index (χ4v) is 1.41. The molecule has 1 amide bonds. The van der Waals surface area contributed by atoms with Crippen LogP contribution in [0.2, 0.25) is 0 Å². The van der Waals surface area contributed by atoms with E-state index >= 15 is 0 Å². The first-order valence-corrected chi connectivity index (χ1v) is 5.08. The second kappa shape index (κ2) is 6.26. The van der Waals surface area contributed by atoms with E-state index in [4.69, 9.17) is 5.73 Å². The van der Waals surface area contributed by atoms with Gasteiger partial charge in [0.25, 0.3) is 5.91 Å². The van der Waals surface area contributed by atoms with Gasteiger partial charge in [0.05, 0.1) is 5.69 Å². The summed E-state index contributed by atoms with van der Waals surface area (Å²) in [5.41, 5.74) is 6.37. The predicted octanol–water partition coefficient (Wildman–Crippen LogP) is 2.66. The van der Waals surface area contributed by atoms with Crippen LogP contribution in [-0.4, -0.2) is 5.91 Å². The zero-order valence-corrected chi connectivity index (χ0v) is 12.7. The SMILES string of the molecule is Nc1cc(C(=O)Nc2ccccc2)ccc1F.[Zn]. The molecule has 3 N–H and O–H groups in total. The van der Waals surface area contributed by atoms with Crippen molar-refractivity contribution in [1.82, 2.24) is 0 Å². The summed E-state index contributed by atoms with van der Waals surface area (Å²) < 4.78 is 12.9. The van der Waals surface area contributed by atoms with E-state index in [9.17, 15) is 9.18 Å². The van der Waals surface area contributed by atoms with Gasteiger partial charge in [0.1, 0.15) is 5.82 Å². The van der Waals surface area contributed by atoms with E-state index in [2.05, 4.69) is 5.32 Å². The number of rotatable bonds is 2. The summed E-state index contributed by atoms with van der Waals surface area (Å²) in [5.74, 6) is -0.843. The fourth-order valence-electron chi connectivity index (χ4n) is 1.41. The Morgan fingerprint density at radius 1 is 1.11 bits per heavy atom. The molecular weight excluding hydrogens is 285 g/mol. The molecule has 5 heteroatoms. The monoisotopic (exact) mass is 294 g/mol. The Morgan fingerprint density at radius 2 is 1.78 bits per heavy atom. The topological polar surface area (TPSA) is 55.1 Å². The van der Waals surface area contributed by atoms with Crippen LogP contribution in [0.5, 0.6) is 0 Å². The number of hydrogen-bond donors (Lipinski definition) is 2. The predicted molar refractivity (Wildman–Crippen MR) is 65.2 cm³/mol. The Balaban J connectivity index is 0.00000162. The van der Waals surface area contributed by atoms with Crippen molar-refractivity contribution in [3.63, 3.8) is 0 Å². The van der Waals surface area contributed by atoms with E-state index in [1.165, 1.54) is 18.2 Å². The molecule has 0 saturated carbocycles. The molecule has 0 aliphatic heterocycles. The van der Waals surface area contributed by atoms with Crippen molar-refractivity contribution in [2.45, 2.75) is 0 Å². The van der Waals surface area contributed by atoms with E-state index in [0.717, 1.165) is 0 Å². The Labute approximate surface area is 117 Å². The minimum atomic E-state index is -0.527. The summed E-state index contributed by atoms with van der Waals surface area (Å²) in [5, 5.41) is 2.69. The van der Waals surface area contributed by atoms with Crippen molar-refractivity contribution in [3.8, 4) is 0 Å². The molecule has 0 heterocycles. The summed E-state index contributed by atoms with van der Waals surface area (Å²) in [6.07, 6.45) is 0. The summed E-state index contributed by atoms with van der Waals surface area (Å²) in [6.45, 7) is 0. The van der Waals surface area contributed by atoms with Crippen LogP contribution in [0.1, 0.15) is 10.4 Å². The van der Waals surface area contributed by atoms with Gasteiger partial charge < -0.3 is 11.1 Å². The molecule has 88 valence electrons. The normalized spacial score (nSPS) is 9.39. The van der Waals surface area contributed by atoms with Gasteiger partial charge in [-0.1, -0.05) is 18.2 Å². The molecule has 0 atom stereocenters. The van der Waals surface area contributed by atoms with Gasteiger partial charge in [-0.05, 0) is 30.3 Å². The van der Waals surface area contributed by atoms with Gasteiger partial charge in [0.15, 0.2) is 0 Å². The van der Waals surface area contributed by atoms with Gasteiger partial charge >= 0.3 is 0 Å². The maximum atomic E-state index is 12.9. The molecule has 0 unspecified atom stereocenters. The van der Waals surface area contributed by atoms with Gasteiger partial charge in [-0.2, -0.15) is 0 Å². The smallest absolute Gasteiger partial charge is 0.255 e. The first-order valence-electron chi connectivity index (χ1n) is 5.08. The molecular formula is C13H11FN2OZn. The molecule has 0 bridgehead atoms. The minimum absolute atomic E-state index is 0. The third-order valence-corrected chi connectivity index (χ3v) is 2.29. The maximum Gasteiger partial charge on any atom is 0.255 e. The molecule has 0 aliphatic carbocycles. The van der Waals surface area contributed by atoms with E-state index in [1.807, 2.05) is 18.2 Å². The number of halogens is 1. The summed E-state index contributed by atoms with van der Waals surface area (Å²) in [6, 6.07) is 12.9. The molecule has 3 nitrogen and oxygen atoms in total. The number of amides is 1. The van der Waals surface area contributed by atoms with Crippen LogP contribution in [0, 0.1) is 5.82 Å². The van der Waals surface area contributed by atoms with E-state index in [-0.39, 0.29) is 31.1 Å². The van der Waals surface area contributed by atoms with Gasteiger partial charge in [-0.3, -0.25) is 4.79 Å². The Bertz CT molecular complexity index is 546. The average molecular weight is 296 g/mol. The van der Waals surface area contributed by atoms with Crippen molar-refractivity contribution in [2.75, 3.05) is 11.1 Å². The number of benzene rings is 2. The number of hydrogen-bond acceptors (Lipinski definition) is 2. The van der Waals surface area contributed by atoms with Crippen molar-refractivity contribution >= 4 is 17.3 Å². The zero-order valence-electron chi connectivity index (χ0n) is 9.69. The first kappa shape index (κ1) is 14.3. The van der Waals surface area contributed by atoms with Crippen LogP contribution in [0.25, 0.3) is 0 Å². The van der Waals surface area contributed by atoms with Crippen molar-refractivity contribution in [1.29, 1.82) is 0 Å². The molecule has 0 radical (unpaired) electrons. The number of carbonyl (C=O) groups is 1. The average Bonchev–Trinajstić information content (AvgIpc) is 2.34. The molecule has 2 aromatic rings. The van der Waals surface area contributed by atoms with Crippen molar-refractivity contribution < 1.29 is 28.7 Å². The molecule has 0 saturated heterocycles. The number of nitrogen functional groups attached to an aromatic ring is 1.